The number of hydrogen-bond acceptors (Lipinski definition) is 5. The molecule has 1 unspecified atom stereocenters. The van der Waals surface area contributed by atoms with Gasteiger partial charge in [0.25, 0.3) is 0 Å². The van der Waals surface area contributed by atoms with Crippen molar-refractivity contribution in [3.8, 4) is 5.75 Å². The number of carbonyl (C=O) groups excluding carboxylic acids is 1. The number of sulfonamides is 1. The first kappa shape index (κ1) is 17.8. The molecular weight excluding hydrogens is 354 g/mol. The van der Waals surface area contributed by atoms with Gasteiger partial charge in [-0.05, 0) is 49.4 Å². The number of benzene rings is 1. The van der Waals surface area contributed by atoms with Gasteiger partial charge in [-0.25, -0.2) is 8.42 Å². The SMILES string of the molecule is COc1ccc(N2CCCC2=O)cc1S(=O)(=O)N1CCC2(CCNC2)C1. The Bertz CT molecular complexity index is 818. The number of hydrogen-bond donors (Lipinski definition) is 1. The molecule has 4 rings (SSSR count). The second-order valence-electron chi connectivity index (χ2n) is 7.50. The van der Waals surface area contributed by atoms with E-state index in [2.05, 4.69) is 5.32 Å². The van der Waals surface area contributed by atoms with E-state index in [0.29, 0.717) is 37.5 Å². The lowest BCUT2D eigenvalue weighted by Crippen LogP contribution is -2.33. The van der Waals surface area contributed by atoms with Crippen LogP contribution in [0.5, 0.6) is 5.75 Å². The van der Waals surface area contributed by atoms with Gasteiger partial charge in [0.05, 0.1) is 7.11 Å². The minimum absolute atomic E-state index is 0.0377. The molecule has 0 aromatic heterocycles. The van der Waals surface area contributed by atoms with E-state index in [4.69, 9.17) is 4.74 Å². The van der Waals surface area contributed by atoms with Crippen molar-refractivity contribution < 1.29 is 17.9 Å². The number of nitrogens with one attached hydrogen (secondary N) is 1. The topological polar surface area (TPSA) is 79.0 Å². The maximum atomic E-state index is 13.3. The van der Waals surface area contributed by atoms with E-state index < -0.39 is 10.0 Å². The number of ether oxygens (including phenoxy) is 1. The molecule has 1 N–H and O–H groups in total. The third-order valence-corrected chi connectivity index (χ3v) is 7.75. The van der Waals surface area contributed by atoms with Crippen LogP contribution >= 0.6 is 0 Å². The summed E-state index contributed by atoms with van der Waals surface area (Å²) in [7, 11) is -2.20. The molecule has 0 aliphatic carbocycles. The Morgan fingerprint density at radius 3 is 2.73 bits per heavy atom. The summed E-state index contributed by atoms with van der Waals surface area (Å²) in [5.74, 6) is 0.363. The first-order chi connectivity index (χ1) is 12.5. The molecule has 1 atom stereocenters. The number of methoxy groups -OCH3 is 1. The second kappa shape index (κ2) is 6.51. The van der Waals surface area contributed by atoms with Crippen LogP contribution in [0.3, 0.4) is 0 Å². The molecule has 1 aromatic carbocycles. The number of carbonyl (C=O) groups is 1. The number of nitrogens with zero attached hydrogens (tertiary/aromatic N) is 2. The van der Waals surface area contributed by atoms with E-state index in [9.17, 15) is 13.2 Å². The summed E-state index contributed by atoms with van der Waals surface area (Å²) in [6.07, 6.45) is 3.20. The van der Waals surface area contributed by atoms with Crippen molar-refractivity contribution in [2.24, 2.45) is 5.41 Å². The van der Waals surface area contributed by atoms with Crippen LogP contribution in [0.4, 0.5) is 5.69 Å². The van der Waals surface area contributed by atoms with Crippen molar-refractivity contribution in [2.45, 2.75) is 30.6 Å². The lowest BCUT2D eigenvalue weighted by atomic mass is 9.87. The predicted octanol–water partition coefficient (Wildman–Crippen LogP) is 1.20. The minimum Gasteiger partial charge on any atom is -0.495 e. The van der Waals surface area contributed by atoms with Crippen LogP contribution in [-0.2, 0) is 14.8 Å². The molecule has 1 amide bonds. The third-order valence-electron chi connectivity index (χ3n) is 5.89. The van der Waals surface area contributed by atoms with E-state index in [0.717, 1.165) is 32.4 Å². The average Bonchev–Trinajstić information content (AvgIpc) is 3.37. The molecule has 3 saturated heterocycles. The van der Waals surface area contributed by atoms with Crippen molar-refractivity contribution in [3.05, 3.63) is 18.2 Å². The van der Waals surface area contributed by atoms with Crippen molar-refractivity contribution >= 4 is 21.6 Å². The lowest BCUT2D eigenvalue weighted by Gasteiger charge is -2.24. The highest BCUT2D eigenvalue weighted by atomic mass is 32.2. The molecule has 7 nitrogen and oxygen atoms in total. The van der Waals surface area contributed by atoms with Crippen LogP contribution in [0.2, 0.25) is 0 Å². The summed E-state index contributed by atoms with van der Waals surface area (Å²) in [4.78, 5) is 13.9. The molecule has 1 aromatic rings. The highest BCUT2D eigenvalue weighted by Gasteiger charge is 2.45. The van der Waals surface area contributed by atoms with E-state index in [1.807, 2.05) is 0 Å². The van der Waals surface area contributed by atoms with Crippen molar-refractivity contribution in [3.63, 3.8) is 0 Å². The van der Waals surface area contributed by atoms with Gasteiger partial charge in [0.2, 0.25) is 15.9 Å². The Morgan fingerprint density at radius 1 is 1.23 bits per heavy atom. The zero-order valence-electron chi connectivity index (χ0n) is 15.0. The summed E-state index contributed by atoms with van der Waals surface area (Å²) < 4.78 is 33.6. The zero-order valence-corrected chi connectivity index (χ0v) is 15.8. The van der Waals surface area contributed by atoms with Crippen LogP contribution in [0.1, 0.15) is 25.7 Å². The normalized spacial score (nSPS) is 27.0. The van der Waals surface area contributed by atoms with E-state index >= 15 is 0 Å². The first-order valence-electron chi connectivity index (χ1n) is 9.15. The Hall–Kier alpha value is -1.64. The third kappa shape index (κ3) is 2.90. The highest BCUT2D eigenvalue weighted by molar-refractivity contribution is 7.89. The van der Waals surface area contributed by atoms with Gasteiger partial charge < -0.3 is 15.0 Å². The molecule has 142 valence electrons. The first-order valence-corrected chi connectivity index (χ1v) is 10.6. The Labute approximate surface area is 154 Å². The van der Waals surface area contributed by atoms with E-state index in [1.165, 1.54) is 7.11 Å². The van der Waals surface area contributed by atoms with E-state index in [-0.39, 0.29) is 16.2 Å². The number of rotatable bonds is 4. The molecule has 0 saturated carbocycles. The van der Waals surface area contributed by atoms with Gasteiger partial charge in [-0.15, -0.1) is 0 Å². The molecule has 8 heteroatoms. The van der Waals surface area contributed by atoms with Gasteiger partial charge in [0.15, 0.2) is 0 Å². The molecule has 0 bridgehead atoms. The number of amides is 1. The molecule has 1 spiro atoms. The Morgan fingerprint density at radius 2 is 2.08 bits per heavy atom. The van der Waals surface area contributed by atoms with Crippen LogP contribution in [0, 0.1) is 5.41 Å². The van der Waals surface area contributed by atoms with Crippen LogP contribution in [-0.4, -0.2) is 58.5 Å². The molecule has 3 fully saturated rings. The second-order valence-corrected chi connectivity index (χ2v) is 9.41. The van der Waals surface area contributed by atoms with Crippen LogP contribution in [0.15, 0.2) is 23.1 Å². The summed E-state index contributed by atoms with van der Waals surface area (Å²) >= 11 is 0. The summed E-state index contributed by atoms with van der Waals surface area (Å²) in [6.45, 7) is 3.52. The molecular formula is C18H25N3O4S. The molecule has 0 radical (unpaired) electrons. The smallest absolute Gasteiger partial charge is 0.246 e. The van der Waals surface area contributed by atoms with Gasteiger partial charge >= 0.3 is 0 Å². The highest BCUT2D eigenvalue weighted by Crippen LogP contribution is 2.40. The van der Waals surface area contributed by atoms with Gasteiger partial charge in [-0.3, -0.25) is 4.79 Å². The summed E-state index contributed by atoms with van der Waals surface area (Å²) in [5.41, 5.74) is 0.686. The van der Waals surface area contributed by atoms with Crippen LogP contribution < -0.4 is 15.0 Å². The summed E-state index contributed by atoms with van der Waals surface area (Å²) in [6, 6.07) is 5.00. The summed E-state index contributed by atoms with van der Waals surface area (Å²) in [5, 5.41) is 3.35. The fraction of sp³-hybridized carbons (Fsp3) is 0.611. The number of anilines is 1. The van der Waals surface area contributed by atoms with Crippen molar-refractivity contribution in [2.75, 3.05) is 44.7 Å². The van der Waals surface area contributed by atoms with Gasteiger partial charge in [-0.1, -0.05) is 0 Å². The lowest BCUT2D eigenvalue weighted by molar-refractivity contribution is -0.117. The zero-order chi connectivity index (χ0) is 18.4. The van der Waals surface area contributed by atoms with Gasteiger partial charge in [-0.2, -0.15) is 4.31 Å². The average molecular weight is 379 g/mol. The maximum absolute atomic E-state index is 13.3. The quantitative estimate of drug-likeness (QED) is 0.850. The fourth-order valence-electron chi connectivity index (χ4n) is 4.34. The van der Waals surface area contributed by atoms with Crippen LogP contribution in [0.25, 0.3) is 0 Å². The van der Waals surface area contributed by atoms with E-state index in [1.54, 1.807) is 27.4 Å². The molecule has 26 heavy (non-hydrogen) atoms. The molecule has 3 aliphatic heterocycles. The molecule has 3 aliphatic rings. The van der Waals surface area contributed by atoms with Gasteiger partial charge in [0, 0.05) is 38.3 Å². The Kier molecular flexibility index (Phi) is 4.45. The predicted molar refractivity (Wildman–Crippen MR) is 97.9 cm³/mol. The maximum Gasteiger partial charge on any atom is 0.246 e. The molecule has 3 heterocycles. The standard InChI is InChI=1S/C18H25N3O4S/c1-25-15-5-4-14(21-9-2-3-17(21)22)11-16(15)26(23,24)20-10-7-18(13-20)6-8-19-12-18/h4-5,11,19H,2-3,6-10,12-13H2,1H3. The largest absolute Gasteiger partial charge is 0.495 e. The Balaban J connectivity index is 1.67. The monoisotopic (exact) mass is 379 g/mol. The minimum atomic E-state index is -3.67. The fourth-order valence-corrected chi connectivity index (χ4v) is 6.07. The van der Waals surface area contributed by atoms with Gasteiger partial charge in [0.1, 0.15) is 10.6 Å². The van der Waals surface area contributed by atoms with Crippen molar-refractivity contribution in [1.29, 1.82) is 0 Å². The van der Waals surface area contributed by atoms with Crippen molar-refractivity contribution in [1.82, 2.24) is 9.62 Å².